The summed E-state index contributed by atoms with van der Waals surface area (Å²) in [4.78, 5) is 0. The van der Waals surface area contributed by atoms with Gasteiger partial charge in [-0.25, -0.2) is 0 Å². The molecule has 3 heteroatoms. The Morgan fingerprint density at radius 1 is 1.21 bits per heavy atom. The summed E-state index contributed by atoms with van der Waals surface area (Å²) in [5.74, 6) is 0.956. The largest absolute Gasteiger partial charge is 0.491 e. The molecular formula is C16H27NO2. The molecule has 1 atom stereocenters. The predicted molar refractivity (Wildman–Crippen MR) is 79.7 cm³/mol. The van der Waals surface area contributed by atoms with Crippen LogP contribution in [0.2, 0.25) is 0 Å². The molecule has 1 aromatic carbocycles. The summed E-state index contributed by atoms with van der Waals surface area (Å²) in [6.07, 6.45) is 0.830. The number of ether oxygens (including phenoxy) is 2. The maximum atomic E-state index is 5.88. The third-order valence-electron chi connectivity index (χ3n) is 2.70. The first-order chi connectivity index (χ1) is 8.79. The predicted octanol–water partition coefficient (Wildman–Crippen LogP) is 3.08. The third-order valence-corrected chi connectivity index (χ3v) is 2.70. The molecule has 0 aromatic heterocycles. The molecule has 19 heavy (non-hydrogen) atoms. The van der Waals surface area contributed by atoms with E-state index >= 15 is 0 Å². The average Bonchev–Trinajstić information content (AvgIpc) is 2.25. The first kappa shape index (κ1) is 16.0. The monoisotopic (exact) mass is 265 g/mol. The van der Waals surface area contributed by atoms with E-state index in [-0.39, 0.29) is 11.6 Å². The second-order valence-corrected chi connectivity index (χ2v) is 6.05. The molecule has 0 radical (unpaired) electrons. The Morgan fingerprint density at radius 2 is 1.89 bits per heavy atom. The van der Waals surface area contributed by atoms with Crippen molar-refractivity contribution in [3.8, 4) is 5.75 Å². The zero-order valence-corrected chi connectivity index (χ0v) is 12.8. The highest BCUT2D eigenvalue weighted by molar-refractivity contribution is 5.41. The van der Waals surface area contributed by atoms with Gasteiger partial charge in [-0.2, -0.15) is 0 Å². The number of aryl methyl sites for hydroxylation is 1. The molecule has 0 spiro atoms. The van der Waals surface area contributed by atoms with Crippen LogP contribution in [-0.4, -0.2) is 24.9 Å². The Bertz CT molecular complexity index is 394. The fourth-order valence-electron chi connectivity index (χ4n) is 1.92. The summed E-state index contributed by atoms with van der Waals surface area (Å²) in [5, 5.41) is 0. The topological polar surface area (TPSA) is 44.5 Å². The molecule has 1 rings (SSSR count). The molecule has 3 nitrogen and oxygen atoms in total. The number of hydrogen-bond acceptors (Lipinski definition) is 3. The second-order valence-electron chi connectivity index (χ2n) is 6.05. The highest BCUT2D eigenvalue weighted by Crippen LogP contribution is 2.24. The van der Waals surface area contributed by atoms with Gasteiger partial charge in [0.15, 0.2) is 0 Å². The van der Waals surface area contributed by atoms with Crippen molar-refractivity contribution in [3.05, 3.63) is 29.3 Å². The van der Waals surface area contributed by atoms with E-state index in [9.17, 15) is 0 Å². The SMILES string of the molecule is Cc1cccc(CC(C)N)c1OCCOC(C)(C)C. The van der Waals surface area contributed by atoms with Crippen LogP contribution in [0, 0.1) is 6.92 Å². The van der Waals surface area contributed by atoms with Gasteiger partial charge in [0, 0.05) is 6.04 Å². The highest BCUT2D eigenvalue weighted by Gasteiger charge is 2.11. The average molecular weight is 265 g/mol. The van der Waals surface area contributed by atoms with Crippen LogP contribution in [0.15, 0.2) is 18.2 Å². The van der Waals surface area contributed by atoms with Gasteiger partial charge in [0.25, 0.3) is 0 Å². The van der Waals surface area contributed by atoms with Crippen LogP contribution < -0.4 is 10.5 Å². The highest BCUT2D eigenvalue weighted by atomic mass is 16.5. The minimum absolute atomic E-state index is 0.121. The van der Waals surface area contributed by atoms with E-state index in [4.69, 9.17) is 15.2 Å². The lowest BCUT2D eigenvalue weighted by Gasteiger charge is -2.20. The molecule has 0 bridgehead atoms. The normalized spacial score (nSPS) is 13.4. The van der Waals surface area contributed by atoms with E-state index in [1.165, 1.54) is 5.56 Å². The van der Waals surface area contributed by atoms with Gasteiger partial charge in [0.05, 0.1) is 12.2 Å². The minimum Gasteiger partial charge on any atom is -0.491 e. The lowest BCUT2D eigenvalue weighted by atomic mass is 10.0. The first-order valence-corrected chi connectivity index (χ1v) is 6.90. The summed E-state index contributed by atoms with van der Waals surface area (Å²) < 4.78 is 11.5. The quantitative estimate of drug-likeness (QED) is 0.804. The summed E-state index contributed by atoms with van der Waals surface area (Å²) >= 11 is 0. The first-order valence-electron chi connectivity index (χ1n) is 6.90. The van der Waals surface area contributed by atoms with Gasteiger partial charge in [-0.05, 0) is 52.2 Å². The molecule has 1 aromatic rings. The van der Waals surface area contributed by atoms with E-state index in [1.54, 1.807) is 0 Å². The lowest BCUT2D eigenvalue weighted by Crippen LogP contribution is -2.23. The summed E-state index contributed by atoms with van der Waals surface area (Å²) in [6, 6.07) is 6.32. The van der Waals surface area contributed by atoms with Gasteiger partial charge >= 0.3 is 0 Å². The Balaban J connectivity index is 2.61. The summed E-state index contributed by atoms with van der Waals surface area (Å²) in [7, 11) is 0. The number of benzene rings is 1. The van der Waals surface area contributed by atoms with Gasteiger partial charge in [-0.3, -0.25) is 0 Å². The van der Waals surface area contributed by atoms with Crippen molar-refractivity contribution in [1.82, 2.24) is 0 Å². The maximum absolute atomic E-state index is 5.88. The van der Waals surface area contributed by atoms with Gasteiger partial charge < -0.3 is 15.2 Å². The Morgan fingerprint density at radius 3 is 2.47 bits per heavy atom. The fourth-order valence-corrected chi connectivity index (χ4v) is 1.92. The number of hydrogen-bond donors (Lipinski definition) is 1. The van der Waals surface area contributed by atoms with Crippen LogP contribution in [0.25, 0.3) is 0 Å². The van der Waals surface area contributed by atoms with Crippen molar-refractivity contribution in [2.75, 3.05) is 13.2 Å². The van der Waals surface area contributed by atoms with Crippen LogP contribution in [0.1, 0.15) is 38.8 Å². The van der Waals surface area contributed by atoms with E-state index in [0.29, 0.717) is 13.2 Å². The Labute approximate surface area is 117 Å². The molecule has 0 fully saturated rings. The lowest BCUT2D eigenvalue weighted by molar-refractivity contribution is -0.0164. The van der Waals surface area contributed by atoms with Gasteiger partial charge in [-0.15, -0.1) is 0 Å². The van der Waals surface area contributed by atoms with E-state index in [0.717, 1.165) is 17.7 Å². The van der Waals surface area contributed by atoms with Crippen LogP contribution in [-0.2, 0) is 11.2 Å². The van der Waals surface area contributed by atoms with Crippen LogP contribution in [0.5, 0.6) is 5.75 Å². The summed E-state index contributed by atoms with van der Waals surface area (Å²) in [6.45, 7) is 11.4. The standard InChI is InChI=1S/C16H27NO2/c1-12-7-6-8-14(11-13(2)17)15(12)18-9-10-19-16(3,4)5/h6-8,13H,9-11,17H2,1-5H3. The number of para-hydroxylation sites is 1. The molecule has 0 aliphatic carbocycles. The van der Waals surface area contributed by atoms with Gasteiger partial charge in [0.1, 0.15) is 12.4 Å². The zero-order valence-electron chi connectivity index (χ0n) is 12.8. The molecule has 0 aliphatic heterocycles. The van der Waals surface area contributed by atoms with Crippen LogP contribution in [0.4, 0.5) is 0 Å². The van der Waals surface area contributed by atoms with Crippen LogP contribution in [0.3, 0.4) is 0 Å². The molecule has 0 saturated carbocycles. The zero-order chi connectivity index (χ0) is 14.5. The molecule has 1 unspecified atom stereocenters. The van der Waals surface area contributed by atoms with E-state index < -0.39 is 0 Å². The molecule has 2 N–H and O–H groups in total. The number of rotatable bonds is 6. The molecule has 0 amide bonds. The van der Waals surface area contributed by atoms with E-state index in [2.05, 4.69) is 19.1 Å². The molecule has 0 aliphatic rings. The van der Waals surface area contributed by atoms with Crippen molar-refractivity contribution in [1.29, 1.82) is 0 Å². The second kappa shape index (κ2) is 6.92. The Kier molecular flexibility index (Phi) is 5.83. The maximum Gasteiger partial charge on any atom is 0.125 e. The van der Waals surface area contributed by atoms with Gasteiger partial charge in [0.2, 0.25) is 0 Å². The van der Waals surface area contributed by atoms with E-state index in [1.807, 2.05) is 33.8 Å². The molecular weight excluding hydrogens is 238 g/mol. The van der Waals surface area contributed by atoms with Crippen molar-refractivity contribution >= 4 is 0 Å². The molecule has 0 saturated heterocycles. The third kappa shape index (κ3) is 6.08. The van der Waals surface area contributed by atoms with Gasteiger partial charge in [-0.1, -0.05) is 18.2 Å². The van der Waals surface area contributed by atoms with Crippen LogP contribution >= 0.6 is 0 Å². The van der Waals surface area contributed by atoms with Crippen molar-refractivity contribution in [2.45, 2.75) is 52.7 Å². The molecule has 0 heterocycles. The Hall–Kier alpha value is -1.06. The molecule has 108 valence electrons. The number of nitrogens with two attached hydrogens (primary N) is 1. The minimum atomic E-state index is -0.121. The van der Waals surface area contributed by atoms with Crippen molar-refractivity contribution < 1.29 is 9.47 Å². The van der Waals surface area contributed by atoms with Crippen molar-refractivity contribution in [3.63, 3.8) is 0 Å². The smallest absolute Gasteiger partial charge is 0.125 e. The summed E-state index contributed by atoms with van der Waals surface area (Å²) in [5.41, 5.74) is 8.07. The van der Waals surface area contributed by atoms with Crippen molar-refractivity contribution in [2.24, 2.45) is 5.73 Å². The fraction of sp³-hybridized carbons (Fsp3) is 0.625.